The van der Waals surface area contributed by atoms with Crippen molar-refractivity contribution in [1.29, 1.82) is 0 Å². The van der Waals surface area contributed by atoms with Gasteiger partial charge in [-0.3, -0.25) is 9.48 Å². The van der Waals surface area contributed by atoms with Gasteiger partial charge in [0, 0.05) is 18.3 Å². The molecule has 0 aliphatic rings. The highest BCUT2D eigenvalue weighted by atomic mass is 19.4. The van der Waals surface area contributed by atoms with Crippen molar-refractivity contribution in [1.82, 2.24) is 15.1 Å². The van der Waals surface area contributed by atoms with E-state index in [1.807, 2.05) is 13.8 Å². The van der Waals surface area contributed by atoms with Crippen LogP contribution in [0.3, 0.4) is 0 Å². The molecule has 0 bridgehead atoms. The van der Waals surface area contributed by atoms with Crippen LogP contribution in [0, 0.1) is 5.92 Å². The number of hydrogen-bond acceptors (Lipinski definition) is 3. The number of carbonyl (C=O) groups is 1. The van der Waals surface area contributed by atoms with E-state index in [-0.39, 0.29) is 5.92 Å². The lowest BCUT2D eigenvalue weighted by molar-refractivity contribution is -0.140. The summed E-state index contributed by atoms with van der Waals surface area (Å²) in [6, 6.07) is 4.31. The molecule has 1 aromatic heterocycles. The molecule has 1 atom stereocenters. The van der Waals surface area contributed by atoms with Crippen LogP contribution in [0.2, 0.25) is 0 Å². The van der Waals surface area contributed by atoms with Crippen molar-refractivity contribution < 1.29 is 23.1 Å². The number of hydrogen-bond donors (Lipinski definition) is 2. The number of carboxylic acids is 1. The largest absolute Gasteiger partial charge is 0.480 e. The van der Waals surface area contributed by atoms with Gasteiger partial charge in [-0.15, -0.1) is 0 Å². The van der Waals surface area contributed by atoms with E-state index in [1.165, 1.54) is 12.1 Å². The number of halogens is 3. The molecule has 5 nitrogen and oxygen atoms in total. The third kappa shape index (κ3) is 5.87. The molecular weight excluding hydrogens is 347 g/mol. The van der Waals surface area contributed by atoms with Crippen LogP contribution in [-0.2, 0) is 24.1 Å². The zero-order chi connectivity index (χ0) is 19.3. The topological polar surface area (TPSA) is 67.2 Å². The molecule has 2 N–H and O–H groups in total. The van der Waals surface area contributed by atoms with Crippen molar-refractivity contribution in [3.05, 3.63) is 53.3 Å². The molecular formula is C18H22F3N3O2. The van der Waals surface area contributed by atoms with E-state index in [1.54, 1.807) is 17.1 Å². The van der Waals surface area contributed by atoms with E-state index in [9.17, 15) is 23.1 Å². The van der Waals surface area contributed by atoms with Crippen molar-refractivity contribution >= 4 is 5.97 Å². The standard InChI is InChI=1S/C18H22F3N3O2/c1-12(2)7-16(17(25)26)22-8-14-9-23-24(11-14)10-13-3-5-15(6-4-13)18(19,20)21/h3-6,9,11-12,16,22H,7-8,10H2,1-2H3,(H,25,26). The summed E-state index contributed by atoms with van der Waals surface area (Å²) >= 11 is 0. The van der Waals surface area contributed by atoms with E-state index >= 15 is 0 Å². The molecule has 0 saturated carbocycles. The van der Waals surface area contributed by atoms with Crippen LogP contribution in [0.4, 0.5) is 13.2 Å². The predicted molar refractivity (Wildman–Crippen MR) is 90.5 cm³/mol. The Kier molecular flexibility index (Phi) is 6.42. The molecule has 8 heteroatoms. The third-order valence-corrected chi connectivity index (χ3v) is 3.87. The first-order valence-electron chi connectivity index (χ1n) is 8.29. The van der Waals surface area contributed by atoms with Crippen molar-refractivity contribution in [3.63, 3.8) is 0 Å². The SMILES string of the molecule is CC(C)CC(NCc1cnn(Cc2ccc(C(F)(F)F)cc2)c1)C(=O)O. The fraction of sp³-hybridized carbons (Fsp3) is 0.444. The van der Waals surface area contributed by atoms with Gasteiger partial charge < -0.3 is 10.4 Å². The van der Waals surface area contributed by atoms with Gasteiger partial charge in [-0.1, -0.05) is 26.0 Å². The molecule has 0 aliphatic carbocycles. The molecule has 1 aromatic carbocycles. The average Bonchev–Trinajstić information content (AvgIpc) is 2.98. The van der Waals surface area contributed by atoms with Crippen LogP contribution in [-0.4, -0.2) is 26.9 Å². The van der Waals surface area contributed by atoms with Crippen LogP contribution in [0.1, 0.15) is 37.0 Å². The molecule has 0 fully saturated rings. The second-order valence-electron chi connectivity index (χ2n) is 6.64. The summed E-state index contributed by atoms with van der Waals surface area (Å²) in [5, 5.41) is 16.4. The van der Waals surface area contributed by atoms with Crippen LogP contribution in [0.25, 0.3) is 0 Å². The third-order valence-electron chi connectivity index (χ3n) is 3.87. The quantitative estimate of drug-likeness (QED) is 0.747. The van der Waals surface area contributed by atoms with Gasteiger partial charge in [0.1, 0.15) is 6.04 Å². The van der Waals surface area contributed by atoms with Crippen LogP contribution < -0.4 is 5.32 Å². The summed E-state index contributed by atoms with van der Waals surface area (Å²) in [5.41, 5.74) is 0.826. The Bertz CT molecular complexity index is 724. The maximum Gasteiger partial charge on any atom is 0.416 e. The Hall–Kier alpha value is -2.35. The van der Waals surface area contributed by atoms with Gasteiger partial charge in [0.2, 0.25) is 0 Å². The zero-order valence-corrected chi connectivity index (χ0v) is 14.6. The van der Waals surface area contributed by atoms with Crippen LogP contribution in [0.5, 0.6) is 0 Å². The first-order valence-corrected chi connectivity index (χ1v) is 8.29. The minimum atomic E-state index is -4.35. The van der Waals surface area contributed by atoms with Gasteiger partial charge in [-0.25, -0.2) is 0 Å². The zero-order valence-electron chi connectivity index (χ0n) is 14.6. The minimum Gasteiger partial charge on any atom is -0.480 e. The van der Waals surface area contributed by atoms with Gasteiger partial charge in [0.25, 0.3) is 0 Å². The molecule has 142 valence electrons. The normalized spacial score (nSPS) is 13.2. The highest BCUT2D eigenvalue weighted by molar-refractivity contribution is 5.73. The molecule has 0 saturated heterocycles. The van der Waals surface area contributed by atoms with Crippen molar-refractivity contribution in [3.8, 4) is 0 Å². The van der Waals surface area contributed by atoms with E-state index in [0.717, 1.165) is 17.7 Å². The molecule has 0 aliphatic heterocycles. The smallest absolute Gasteiger partial charge is 0.416 e. The monoisotopic (exact) mass is 369 g/mol. The lowest BCUT2D eigenvalue weighted by Gasteiger charge is -2.15. The minimum absolute atomic E-state index is 0.256. The second kappa shape index (κ2) is 8.35. The first kappa shape index (κ1) is 20.0. The van der Waals surface area contributed by atoms with E-state index < -0.39 is 23.8 Å². The number of nitrogens with zero attached hydrogens (tertiary/aromatic N) is 2. The lowest BCUT2D eigenvalue weighted by Crippen LogP contribution is -2.37. The number of aliphatic carboxylic acids is 1. The maximum atomic E-state index is 12.6. The molecule has 1 unspecified atom stereocenters. The first-order chi connectivity index (χ1) is 12.1. The van der Waals surface area contributed by atoms with Crippen LogP contribution >= 0.6 is 0 Å². The highest BCUT2D eigenvalue weighted by Crippen LogP contribution is 2.29. The van der Waals surface area contributed by atoms with Gasteiger partial charge in [-0.05, 0) is 30.0 Å². The van der Waals surface area contributed by atoms with Crippen molar-refractivity contribution in [2.24, 2.45) is 5.92 Å². The molecule has 2 rings (SSSR count). The Labute approximate surface area is 149 Å². The number of alkyl halides is 3. The van der Waals surface area contributed by atoms with Crippen molar-refractivity contribution in [2.75, 3.05) is 0 Å². The predicted octanol–water partition coefficient (Wildman–Crippen LogP) is 3.54. The number of rotatable bonds is 8. The number of aromatic nitrogens is 2. The van der Waals surface area contributed by atoms with Gasteiger partial charge in [0.15, 0.2) is 0 Å². The molecule has 0 radical (unpaired) electrons. The average molecular weight is 369 g/mol. The lowest BCUT2D eigenvalue weighted by atomic mass is 10.0. The summed E-state index contributed by atoms with van der Waals surface area (Å²) in [6.07, 6.45) is -0.459. The molecule has 1 heterocycles. The van der Waals surface area contributed by atoms with Gasteiger partial charge in [-0.2, -0.15) is 18.3 Å². The summed E-state index contributed by atoms with van der Waals surface area (Å²) in [4.78, 5) is 11.2. The Morgan fingerprint density at radius 2 is 1.88 bits per heavy atom. The second-order valence-corrected chi connectivity index (χ2v) is 6.64. The molecule has 0 amide bonds. The Morgan fingerprint density at radius 3 is 2.42 bits per heavy atom. The van der Waals surface area contributed by atoms with Crippen LogP contribution in [0.15, 0.2) is 36.7 Å². The summed E-state index contributed by atoms with van der Waals surface area (Å²) in [6.45, 7) is 4.61. The molecule has 2 aromatic rings. The summed E-state index contributed by atoms with van der Waals surface area (Å²) in [5.74, 6) is -0.637. The van der Waals surface area contributed by atoms with E-state index in [4.69, 9.17) is 0 Å². The molecule has 0 spiro atoms. The van der Waals surface area contributed by atoms with E-state index in [2.05, 4.69) is 10.4 Å². The molecule has 26 heavy (non-hydrogen) atoms. The summed E-state index contributed by atoms with van der Waals surface area (Å²) in [7, 11) is 0. The Morgan fingerprint density at radius 1 is 1.23 bits per heavy atom. The van der Waals surface area contributed by atoms with Gasteiger partial charge >= 0.3 is 12.1 Å². The van der Waals surface area contributed by atoms with E-state index in [0.29, 0.717) is 25.1 Å². The fourth-order valence-corrected chi connectivity index (χ4v) is 2.55. The number of nitrogens with one attached hydrogen (secondary N) is 1. The summed E-state index contributed by atoms with van der Waals surface area (Å²) < 4.78 is 39.3. The maximum absolute atomic E-state index is 12.6. The fourth-order valence-electron chi connectivity index (χ4n) is 2.55. The Balaban J connectivity index is 1.94. The van der Waals surface area contributed by atoms with Crippen molar-refractivity contribution in [2.45, 2.75) is 45.6 Å². The van der Waals surface area contributed by atoms with Gasteiger partial charge in [0.05, 0.1) is 18.3 Å². The highest BCUT2D eigenvalue weighted by Gasteiger charge is 2.29. The number of benzene rings is 1. The number of carboxylic acid groups (broad SMARTS) is 1.